The van der Waals surface area contributed by atoms with Gasteiger partial charge in [0, 0.05) is 12.1 Å². The van der Waals surface area contributed by atoms with Crippen LogP contribution in [-0.4, -0.2) is 41.6 Å². The van der Waals surface area contributed by atoms with Crippen LogP contribution in [-0.2, 0) is 9.53 Å². The first-order chi connectivity index (χ1) is 9.42. The van der Waals surface area contributed by atoms with Crippen LogP contribution >= 0.6 is 0 Å². The Hall–Kier alpha value is -0.610. The van der Waals surface area contributed by atoms with E-state index in [1.165, 1.54) is 32.1 Å². The Balaban J connectivity index is 2.61. The Bertz CT molecular complexity index is 299. The Morgan fingerprint density at radius 3 is 2.45 bits per heavy atom. The molecule has 0 amide bonds. The molecule has 1 rings (SSSR count). The van der Waals surface area contributed by atoms with Crippen LogP contribution in [0.15, 0.2) is 0 Å². The van der Waals surface area contributed by atoms with Crippen LogP contribution in [0.1, 0.15) is 66.2 Å². The molecule has 1 aliphatic carbocycles. The summed E-state index contributed by atoms with van der Waals surface area (Å²) in [5, 5.41) is 0. The van der Waals surface area contributed by atoms with Gasteiger partial charge in [0.15, 0.2) is 0 Å². The van der Waals surface area contributed by atoms with Crippen molar-refractivity contribution in [2.75, 3.05) is 13.2 Å². The SMILES string of the molecule is CCOC(=O)C(C)(N)CC(C)N(CC)C1CCCCC1. The maximum absolute atomic E-state index is 11.9. The van der Waals surface area contributed by atoms with Crippen molar-refractivity contribution in [3.8, 4) is 0 Å². The molecule has 118 valence electrons. The van der Waals surface area contributed by atoms with Crippen molar-refractivity contribution >= 4 is 5.97 Å². The number of hydrogen-bond donors (Lipinski definition) is 1. The van der Waals surface area contributed by atoms with Gasteiger partial charge in [-0.1, -0.05) is 26.2 Å². The molecule has 0 bridgehead atoms. The minimum absolute atomic E-state index is 0.286. The van der Waals surface area contributed by atoms with E-state index in [1.807, 2.05) is 6.92 Å². The highest BCUT2D eigenvalue weighted by molar-refractivity contribution is 5.80. The monoisotopic (exact) mass is 284 g/mol. The molecule has 1 saturated carbocycles. The Morgan fingerprint density at radius 2 is 1.95 bits per heavy atom. The van der Waals surface area contributed by atoms with Gasteiger partial charge in [-0.05, 0) is 46.6 Å². The average Bonchev–Trinajstić information content (AvgIpc) is 2.40. The quantitative estimate of drug-likeness (QED) is 0.730. The van der Waals surface area contributed by atoms with E-state index in [0.29, 0.717) is 25.1 Å². The fourth-order valence-electron chi connectivity index (χ4n) is 3.45. The Labute approximate surface area is 124 Å². The molecule has 2 unspecified atom stereocenters. The van der Waals surface area contributed by atoms with Crippen molar-refractivity contribution in [1.29, 1.82) is 0 Å². The zero-order valence-electron chi connectivity index (χ0n) is 13.7. The number of carbonyl (C=O) groups is 1. The smallest absolute Gasteiger partial charge is 0.325 e. The van der Waals surface area contributed by atoms with Crippen molar-refractivity contribution in [2.45, 2.75) is 83.8 Å². The summed E-state index contributed by atoms with van der Waals surface area (Å²) in [6, 6.07) is 0.962. The summed E-state index contributed by atoms with van der Waals surface area (Å²) >= 11 is 0. The Morgan fingerprint density at radius 1 is 1.35 bits per heavy atom. The number of esters is 1. The first-order valence-electron chi connectivity index (χ1n) is 8.14. The van der Waals surface area contributed by atoms with Crippen LogP contribution in [0.2, 0.25) is 0 Å². The van der Waals surface area contributed by atoms with Crippen molar-refractivity contribution in [2.24, 2.45) is 5.73 Å². The molecule has 4 heteroatoms. The summed E-state index contributed by atoms with van der Waals surface area (Å²) in [4.78, 5) is 14.4. The molecular formula is C16H32N2O2. The molecule has 1 fully saturated rings. The van der Waals surface area contributed by atoms with Crippen LogP contribution in [0, 0.1) is 0 Å². The number of hydrogen-bond acceptors (Lipinski definition) is 4. The second kappa shape index (κ2) is 7.99. The first kappa shape index (κ1) is 17.4. The molecule has 0 radical (unpaired) electrons. The summed E-state index contributed by atoms with van der Waals surface area (Å²) in [5.41, 5.74) is 5.28. The summed E-state index contributed by atoms with van der Waals surface area (Å²) in [6.45, 7) is 9.39. The molecule has 2 atom stereocenters. The fraction of sp³-hybridized carbons (Fsp3) is 0.938. The van der Waals surface area contributed by atoms with Crippen LogP contribution < -0.4 is 5.73 Å². The lowest BCUT2D eigenvalue weighted by molar-refractivity contribution is -0.149. The molecule has 2 N–H and O–H groups in total. The second-order valence-corrected chi connectivity index (χ2v) is 6.31. The molecule has 0 aromatic heterocycles. The van der Waals surface area contributed by atoms with E-state index in [1.54, 1.807) is 6.92 Å². The minimum atomic E-state index is -0.891. The van der Waals surface area contributed by atoms with Gasteiger partial charge in [0.25, 0.3) is 0 Å². The lowest BCUT2D eigenvalue weighted by atomic mass is 9.89. The normalized spacial score (nSPS) is 21.5. The molecule has 1 aliphatic rings. The second-order valence-electron chi connectivity index (χ2n) is 6.31. The van der Waals surface area contributed by atoms with Gasteiger partial charge in [0.05, 0.1) is 6.61 Å². The largest absolute Gasteiger partial charge is 0.465 e. The highest BCUT2D eigenvalue weighted by Gasteiger charge is 2.35. The number of nitrogens with two attached hydrogens (primary N) is 1. The molecule has 0 aromatic rings. The van der Waals surface area contributed by atoms with Crippen LogP contribution in [0.3, 0.4) is 0 Å². The van der Waals surface area contributed by atoms with Crippen LogP contribution in [0.5, 0.6) is 0 Å². The van der Waals surface area contributed by atoms with Crippen LogP contribution in [0.25, 0.3) is 0 Å². The van der Waals surface area contributed by atoms with Crippen molar-refractivity contribution in [1.82, 2.24) is 4.90 Å². The zero-order valence-corrected chi connectivity index (χ0v) is 13.7. The van der Waals surface area contributed by atoms with Crippen LogP contribution in [0.4, 0.5) is 0 Å². The minimum Gasteiger partial charge on any atom is -0.465 e. The van der Waals surface area contributed by atoms with E-state index < -0.39 is 5.54 Å². The van der Waals surface area contributed by atoms with E-state index in [4.69, 9.17) is 10.5 Å². The van der Waals surface area contributed by atoms with E-state index in [-0.39, 0.29) is 5.97 Å². The van der Waals surface area contributed by atoms with Crippen molar-refractivity contribution in [3.63, 3.8) is 0 Å². The van der Waals surface area contributed by atoms with Crippen molar-refractivity contribution < 1.29 is 9.53 Å². The zero-order chi connectivity index (χ0) is 15.2. The molecule has 4 nitrogen and oxygen atoms in total. The molecule has 0 saturated heterocycles. The predicted octanol–water partition coefficient (Wildman–Crippen LogP) is 2.70. The number of nitrogens with zero attached hydrogens (tertiary/aromatic N) is 1. The van der Waals surface area contributed by atoms with Gasteiger partial charge in [-0.3, -0.25) is 9.69 Å². The third-order valence-electron chi connectivity index (χ3n) is 4.44. The van der Waals surface area contributed by atoms with E-state index >= 15 is 0 Å². The number of carbonyl (C=O) groups excluding carboxylic acids is 1. The molecule has 0 heterocycles. The van der Waals surface area contributed by atoms with Gasteiger partial charge in [0.1, 0.15) is 5.54 Å². The van der Waals surface area contributed by atoms with Gasteiger partial charge in [-0.2, -0.15) is 0 Å². The molecule has 0 spiro atoms. The third kappa shape index (κ3) is 4.74. The standard InChI is InChI=1S/C16H32N2O2/c1-5-18(14-10-8-7-9-11-14)13(3)12-16(4,17)15(19)20-6-2/h13-14H,5-12,17H2,1-4H3. The summed E-state index contributed by atoms with van der Waals surface area (Å²) < 4.78 is 5.08. The number of ether oxygens (including phenoxy) is 1. The van der Waals surface area contributed by atoms with Gasteiger partial charge in [0.2, 0.25) is 0 Å². The highest BCUT2D eigenvalue weighted by atomic mass is 16.5. The average molecular weight is 284 g/mol. The maximum Gasteiger partial charge on any atom is 0.325 e. The molecular weight excluding hydrogens is 252 g/mol. The Kier molecular flexibility index (Phi) is 6.96. The van der Waals surface area contributed by atoms with Gasteiger partial charge in [-0.25, -0.2) is 0 Å². The van der Waals surface area contributed by atoms with Gasteiger partial charge >= 0.3 is 5.97 Å². The summed E-state index contributed by atoms with van der Waals surface area (Å²) in [7, 11) is 0. The van der Waals surface area contributed by atoms with Crippen molar-refractivity contribution in [3.05, 3.63) is 0 Å². The lowest BCUT2D eigenvalue weighted by Crippen LogP contribution is -2.53. The summed E-state index contributed by atoms with van der Waals surface area (Å²) in [5.74, 6) is -0.286. The number of rotatable bonds is 7. The molecule has 0 aliphatic heterocycles. The van der Waals surface area contributed by atoms with E-state index in [0.717, 1.165) is 6.54 Å². The van der Waals surface area contributed by atoms with E-state index in [9.17, 15) is 4.79 Å². The van der Waals surface area contributed by atoms with E-state index in [2.05, 4.69) is 18.7 Å². The molecule has 20 heavy (non-hydrogen) atoms. The van der Waals surface area contributed by atoms with Gasteiger partial charge in [-0.15, -0.1) is 0 Å². The summed E-state index contributed by atoms with van der Waals surface area (Å²) in [6.07, 6.45) is 7.21. The predicted molar refractivity (Wildman–Crippen MR) is 82.6 cm³/mol. The fourth-order valence-corrected chi connectivity index (χ4v) is 3.45. The third-order valence-corrected chi connectivity index (χ3v) is 4.44. The molecule has 0 aromatic carbocycles. The lowest BCUT2D eigenvalue weighted by Gasteiger charge is -2.40. The highest BCUT2D eigenvalue weighted by Crippen LogP contribution is 2.26. The first-order valence-corrected chi connectivity index (χ1v) is 8.14. The maximum atomic E-state index is 11.9. The topological polar surface area (TPSA) is 55.6 Å². The van der Waals surface area contributed by atoms with Gasteiger partial charge < -0.3 is 10.5 Å².